The molecule has 0 saturated carbocycles. The highest BCUT2D eigenvalue weighted by Crippen LogP contribution is 2.27. The van der Waals surface area contributed by atoms with Crippen molar-refractivity contribution in [2.24, 2.45) is 5.92 Å². The van der Waals surface area contributed by atoms with Crippen LogP contribution in [-0.4, -0.2) is 35.7 Å². The minimum absolute atomic E-state index is 0.234. The number of rotatable bonds is 6. The number of hydrogen-bond acceptors (Lipinski definition) is 3. The summed E-state index contributed by atoms with van der Waals surface area (Å²) in [6.45, 7) is 4.97. The summed E-state index contributed by atoms with van der Waals surface area (Å²) >= 11 is 3.48. The lowest BCUT2D eigenvalue weighted by Crippen LogP contribution is -2.23. The van der Waals surface area contributed by atoms with E-state index in [1.54, 1.807) is 0 Å². The Morgan fingerprint density at radius 1 is 1.55 bits per heavy atom. The minimum Gasteiger partial charge on any atom is -0.493 e. The molecule has 0 amide bonds. The van der Waals surface area contributed by atoms with Crippen molar-refractivity contribution in [1.29, 1.82) is 0 Å². The van der Waals surface area contributed by atoms with Crippen molar-refractivity contribution < 1.29 is 14.6 Å². The van der Waals surface area contributed by atoms with Gasteiger partial charge >= 0.3 is 5.97 Å². The number of aliphatic carboxylic acids is 1. The van der Waals surface area contributed by atoms with Crippen LogP contribution in [0.25, 0.3) is 0 Å². The van der Waals surface area contributed by atoms with E-state index >= 15 is 0 Å². The van der Waals surface area contributed by atoms with Gasteiger partial charge in [-0.1, -0.05) is 22.9 Å². The number of carboxylic acid groups (broad SMARTS) is 1. The first-order valence-electron chi connectivity index (χ1n) is 6.96. The number of halogens is 1. The van der Waals surface area contributed by atoms with E-state index in [1.165, 1.54) is 0 Å². The van der Waals surface area contributed by atoms with E-state index in [0.29, 0.717) is 13.2 Å². The van der Waals surface area contributed by atoms with Crippen LogP contribution < -0.4 is 4.74 Å². The number of hydrogen-bond donors (Lipinski definition) is 1. The maximum Gasteiger partial charge on any atom is 0.307 e. The Labute approximate surface area is 127 Å². The summed E-state index contributed by atoms with van der Waals surface area (Å²) in [5.74, 6) is -0.0276. The second-order valence-electron chi connectivity index (χ2n) is 5.16. The molecule has 20 heavy (non-hydrogen) atoms. The van der Waals surface area contributed by atoms with E-state index in [-0.39, 0.29) is 5.92 Å². The Kier molecular flexibility index (Phi) is 5.43. The molecule has 1 N–H and O–H groups in total. The minimum atomic E-state index is -0.691. The van der Waals surface area contributed by atoms with Gasteiger partial charge in [-0.25, -0.2) is 0 Å². The quantitative estimate of drug-likeness (QED) is 0.863. The first kappa shape index (κ1) is 15.3. The van der Waals surface area contributed by atoms with Gasteiger partial charge in [-0.2, -0.15) is 0 Å². The van der Waals surface area contributed by atoms with Crippen LogP contribution in [0.2, 0.25) is 0 Å². The van der Waals surface area contributed by atoms with Gasteiger partial charge < -0.3 is 9.84 Å². The summed E-state index contributed by atoms with van der Waals surface area (Å²) in [5.41, 5.74) is 1.11. The zero-order chi connectivity index (χ0) is 14.5. The lowest BCUT2D eigenvalue weighted by molar-refractivity contribution is -0.141. The van der Waals surface area contributed by atoms with Crippen LogP contribution >= 0.6 is 15.9 Å². The molecule has 0 radical (unpaired) electrons. The Bertz CT molecular complexity index is 478. The average molecular weight is 342 g/mol. The number of nitrogens with zero attached hydrogens (tertiary/aromatic N) is 1. The zero-order valence-corrected chi connectivity index (χ0v) is 13.2. The zero-order valence-electron chi connectivity index (χ0n) is 11.6. The maximum atomic E-state index is 11.0. The highest BCUT2D eigenvalue weighted by molar-refractivity contribution is 9.10. The lowest BCUT2D eigenvalue weighted by atomic mass is 10.1. The molecule has 5 heteroatoms. The summed E-state index contributed by atoms with van der Waals surface area (Å²) in [4.78, 5) is 13.2. The molecule has 0 bridgehead atoms. The number of likely N-dealkylation sites (tertiary alicyclic amines) is 1. The maximum absolute atomic E-state index is 11.0. The van der Waals surface area contributed by atoms with E-state index in [1.807, 2.05) is 12.1 Å². The second-order valence-corrected chi connectivity index (χ2v) is 6.08. The number of carboxylic acids is 1. The molecule has 1 aromatic carbocycles. The van der Waals surface area contributed by atoms with Crippen molar-refractivity contribution in [3.05, 3.63) is 28.2 Å². The van der Waals surface area contributed by atoms with Crippen molar-refractivity contribution in [3.63, 3.8) is 0 Å². The van der Waals surface area contributed by atoms with Crippen molar-refractivity contribution in [2.45, 2.75) is 26.3 Å². The van der Waals surface area contributed by atoms with Crippen LogP contribution in [0.4, 0.5) is 0 Å². The van der Waals surface area contributed by atoms with Gasteiger partial charge in [0, 0.05) is 23.1 Å². The summed E-state index contributed by atoms with van der Waals surface area (Å²) in [5, 5.41) is 9.05. The van der Waals surface area contributed by atoms with E-state index in [2.05, 4.69) is 33.8 Å². The predicted molar refractivity (Wildman–Crippen MR) is 80.9 cm³/mol. The van der Waals surface area contributed by atoms with Gasteiger partial charge in [0.1, 0.15) is 5.75 Å². The molecule has 1 aliphatic rings. The summed E-state index contributed by atoms with van der Waals surface area (Å²) in [6, 6.07) is 6.00. The molecule has 1 unspecified atom stereocenters. The molecule has 1 saturated heterocycles. The number of benzene rings is 1. The van der Waals surface area contributed by atoms with E-state index < -0.39 is 5.97 Å². The van der Waals surface area contributed by atoms with E-state index in [0.717, 1.165) is 41.7 Å². The molecule has 1 heterocycles. The van der Waals surface area contributed by atoms with Crippen LogP contribution in [0.1, 0.15) is 25.3 Å². The molecule has 2 rings (SSSR count). The number of carbonyl (C=O) groups is 1. The topological polar surface area (TPSA) is 49.8 Å². The summed E-state index contributed by atoms with van der Waals surface area (Å²) in [6.07, 6.45) is 1.70. The highest BCUT2D eigenvalue weighted by Gasteiger charge is 2.28. The molecule has 1 atom stereocenters. The Hall–Kier alpha value is -1.07. The molecule has 4 nitrogen and oxygen atoms in total. The van der Waals surface area contributed by atoms with Gasteiger partial charge in [-0.05, 0) is 37.6 Å². The van der Waals surface area contributed by atoms with Crippen LogP contribution in [0.3, 0.4) is 0 Å². The van der Waals surface area contributed by atoms with Crippen molar-refractivity contribution in [1.82, 2.24) is 4.90 Å². The fourth-order valence-electron chi connectivity index (χ4n) is 2.44. The summed E-state index contributed by atoms with van der Waals surface area (Å²) < 4.78 is 6.78. The third kappa shape index (κ3) is 3.96. The standard InChI is InChI=1S/C15H20BrNO3/c1-2-7-20-14-4-3-13(16)8-12(14)10-17-6-5-11(9-17)15(18)19/h3-4,8,11H,2,5-7,9-10H2,1H3,(H,18,19). The molecule has 0 aromatic heterocycles. The van der Waals surface area contributed by atoms with Crippen LogP contribution in [0.15, 0.2) is 22.7 Å². The monoisotopic (exact) mass is 341 g/mol. The molecule has 110 valence electrons. The molecule has 1 aliphatic heterocycles. The van der Waals surface area contributed by atoms with Gasteiger partial charge in [0.05, 0.1) is 12.5 Å². The highest BCUT2D eigenvalue weighted by atomic mass is 79.9. The average Bonchev–Trinajstić information content (AvgIpc) is 2.87. The van der Waals surface area contributed by atoms with Gasteiger partial charge in [-0.3, -0.25) is 9.69 Å². The first-order chi connectivity index (χ1) is 9.60. The van der Waals surface area contributed by atoms with Gasteiger partial charge in [0.2, 0.25) is 0 Å². The lowest BCUT2D eigenvalue weighted by Gasteiger charge is -2.18. The third-order valence-electron chi connectivity index (χ3n) is 3.50. The second kappa shape index (κ2) is 7.09. The number of ether oxygens (including phenoxy) is 1. The molecular weight excluding hydrogens is 322 g/mol. The van der Waals surface area contributed by atoms with Gasteiger partial charge in [-0.15, -0.1) is 0 Å². The fraction of sp³-hybridized carbons (Fsp3) is 0.533. The SMILES string of the molecule is CCCOc1ccc(Br)cc1CN1CCC(C(=O)O)C1. The van der Waals surface area contributed by atoms with Crippen molar-refractivity contribution in [3.8, 4) is 5.75 Å². The normalized spacial score (nSPS) is 19.2. The van der Waals surface area contributed by atoms with Crippen molar-refractivity contribution in [2.75, 3.05) is 19.7 Å². The third-order valence-corrected chi connectivity index (χ3v) is 3.99. The van der Waals surface area contributed by atoms with Gasteiger partial charge in [0.25, 0.3) is 0 Å². The van der Waals surface area contributed by atoms with Crippen molar-refractivity contribution >= 4 is 21.9 Å². The molecule has 1 fully saturated rings. The van der Waals surface area contributed by atoms with Crippen LogP contribution in [0, 0.1) is 5.92 Å². The largest absolute Gasteiger partial charge is 0.493 e. The predicted octanol–water partition coefficient (Wildman–Crippen LogP) is 3.14. The Balaban J connectivity index is 2.04. The van der Waals surface area contributed by atoms with E-state index in [9.17, 15) is 4.79 Å². The fourth-order valence-corrected chi connectivity index (χ4v) is 2.85. The molecule has 0 spiro atoms. The Morgan fingerprint density at radius 3 is 3.00 bits per heavy atom. The van der Waals surface area contributed by atoms with Gasteiger partial charge in [0.15, 0.2) is 0 Å². The van der Waals surface area contributed by atoms with E-state index in [4.69, 9.17) is 9.84 Å². The Morgan fingerprint density at radius 2 is 2.35 bits per heavy atom. The smallest absolute Gasteiger partial charge is 0.307 e. The summed E-state index contributed by atoms with van der Waals surface area (Å²) in [7, 11) is 0. The van der Waals surface area contributed by atoms with Crippen LogP contribution in [0.5, 0.6) is 5.75 Å². The van der Waals surface area contributed by atoms with Crippen LogP contribution in [-0.2, 0) is 11.3 Å². The molecular formula is C15H20BrNO3. The molecule has 0 aliphatic carbocycles. The molecule has 1 aromatic rings. The first-order valence-corrected chi connectivity index (χ1v) is 7.76.